The van der Waals surface area contributed by atoms with Crippen LogP contribution in [-0.2, 0) is 4.79 Å². The summed E-state index contributed by atoms with van der Waals surface area (Å²) in [5, 5.41) is 22.5. The Morgan fingerprint density at radius 3 is 2.67 bits per heavy atom. The van der Waals surface area contributed by atoms with Gasteiger partial charge >= 0.3 is 0 Å². The molecule has 0 spiro atoms. The van der Waals surface area contributed by atoms with Crippen LogP contribution in [0.15, 0.2) is 30.3 Å². The van der Waals surface area contributed by atoms with E-state index in [4.69, 9.17) is 0 Å². The van der Waals surface area contributed by atoms with Crippen molar-refractivity contribution in [3.8, 4) is 0 Å². The second kappa shape index (κ2) is 8.12. The molecule has 0 bridgehead atoms. The SMILES string of the molecule is O=C1CCCN1CC(O)CNC(CCO)c1ccccc1. The van der Waals surface area contributed by atoms with Crippen molar-refractivity contribution in [1.82, 2.24) is 10.2 Å². The first kappa shape index (κ1) is 15.9. The van der Waals surface area contributed by atoms with Crippen LogP contribution in [0.25, 0.3) is 0 Å². The third-order valence-electron chi connectivity index (χ3n) is 3.82. The molecule has 2 rings (SSSR count). The topological polar surface area (TPSA) is 72.8 Å². The number of β-amino-alcohol motifs (C(OH)–C–C–N with tert-alkyl or cyclic N) is 1. The van der Waals surface area contributed by atoms with Crippen LogP contribution >= 0.6 is 0 Å². The van der Waals surface area contributed by atoms with Crippen molar-refractivity contribution in [1.29, 1.82) is 0 Å². The first-order valence-electron chi connectivity index (χ1n) is 7.55. The van der Waals surface area contributed by atoms with E-state index in [9.17, 15) is 15.0 Å². The van der Waals surface area contributed by atoms with Gasteiger partial charge in [-0.15, -0.1) is 0 Å². The summed E-state index contributed by atoms with van der Waals surface area (Å²) < 4.78 is 0. The van der Waals surface area contributed by atoms with Gasteiger partial charge in [0, 0.05) is 38.7 Å². The lowest BCUT2D eigenvalue weighted by Crippen LogP contribution is -2.40. The lowest BCUT2D eigenvalue weighted by Gasteiger charge is -2.23. The number of carbonyl (C=O) groups excluding carboxylic acids is 1. The largest absolute Gasteiger partial charge is 0.396 e. The number of amides is 1. The summed E-state index contributed by atoms with van der Waals surface area (Å²) in [4.78, 5) is 13.3. The van der Waals surface area contributed by atoms with Gasteiger partial charge in [-0.1, -0.05) is 30.3 Å². The standard InChI is InChI=1S/C16H24N2O3/c19-10-8-15(13-5-2-1-3-6-13)17-11-14(20)12-18-9-4-7-16(18)21/h1-3,5-6,14-15,17,19-20H,4,7-12H2. The minimum atomic E-state index is -0.586. The monoisotopic (exact) mass is 292 g/mol. The Morgan fingerprint density at radius 2 is 2.05 bits per heavy atom. The minimum absolute atomic E-state index is 0.0140. The van der Waals surface area contributed by atoms with Gasteiger partial charge in [0.15, 0.2) is 0 Å². The summed E-state index contributed by atoms with van der Waals surface area (Å²) in [6.07, 6.45) is 1.49. The van der Waals surface area contributed by atoms with Gasteiger partial charge in [0.25, 0.3) is 0 Å². The van der Waals surface area contributed by atoms with Crippen molar-refractivity contribution < 1.29 is 15.0 Å². The molecule has 1 saturated heterocycles. The predicted octanol–water partition coefficient (Wildman–Crippen LogP) is 0.683. The highest BCUT2D eigenvalue weighted by Crippen LogP contribution is 2.16. The average molecular weight is 292 g/mol. The molecular weight excluding hydrogens is 268 g/mol. The number of hydrogen-bond acceptors (Lipinski definition) is 4. The molecule has 2 atom stereocenters. The molecule has 1 aromatic rings. The maximum Gasteiger partial charge on any atom is 0.222 e. The summed E-state index contributed by atoms with van der Waals surface area (Å²) >= 11 is 0. The second-order valence-corrected chi connectivity index (χ2v) is 5.48. The van der Waals surface area contributed by atoms with Crippen LogP contribution in [-0.4, -0.2) is 53.4 Å². The summed E-state index contributed by atoms with van der Waals surface area (Å²) in [6, 6.07) is 9.89. The molecule has 2 unspecified atom stereocenters. The molecule has 21 heavy (non-hydrogen) atoms. The van der Waals surface area contributed by atoms with Gasteiger partial charge in [0.05, 0.1) is 6.10 Å². The number of likely N-dealkylation sites (tertiary alicyclic amines) is 1. The number of nitrogens with one attached hydrogen (secondary N) is 1. The quantitative estimate of drug-likeness (QED) is 0.659. The third kappa shape index (κ3) is 4.81. The van der Waals surface area contributed by atoms with E-state index in [-0.39, 0.29) is 18.6 Å². The van der Waals surface area contributed by atoms with E-state index in [2.05, 4.69) is 5.32 Å². The van der Waals surface area contributed by atoms with Gasteiger partial charge in [0.1, 0.15) is 0 Å². The van der Waals surface area contributed by atoms with Crippen LogP contribution in [0, 0.1) is 0 Å². The van der Waals surface area contributed by atoms with E-state index in [1.165, 1.54) is 0 Å². The van der Waals surface area contributed by atoms with Crippen molar-refractivity contribution >= 4 is 5.91 Å². The number of aliphatic hydroxyl groups excluding tert-OH is 2. The Hall–Kier alpha value is -1.43. The van der Waals surface area contributed by atoms with Crippen LogP contribution in [0.2, 0.25) is 0 Å². The van der Waals surface area contributed by atoms with Gasteiger partial charge in [-0.3, -0.25) is 4.79 Å². The molecule has 1 heterocycles. The Bertz CT molecular complexity index is 438. The lowest BCUT2D eigenvalue weighted by molar-refractivity contribution is -0.128. The summed E-state index contributed by atoms with van der Waals surface area (Å²) in [6.45, 7) is 1.62. The van der Waals surface area contributed by atoms with E-state index >= 15 is 0 Å². The zero-order valence-corrected chi connectivity index (χ0v) is 12.2. The fourth-order valence-corrected chi connectivity index (χ4v) is 2.70. The van der Waals surface area contributed by atoms with Gasteiger partial charge < -0.3 is 20.4 Å². The molecule has 0 aliphatic carbocycles. The molecule has 1 aliphatic rings. The number of carbonyl (C=O) groups is 1. The molecule has 3 N–H and O–H groups in total. The Labute approximate surface area is 125 Å². The van der Waals surface area contributed by atoms with Gasteiger partial charge in [-0.2, -0.15) is 0 Å². The van der Waals surface area contributed by atoms with Crippen LogP contribution in [0.4, 0.5) is 0 Å². The molecule has 0 saturated carbocycles. The fraction of sp³-hybridized carbons (Fsp3) is 0.562. The molecule has 1 aliphatic heterocycles. The van der Waals surface area contributed by atoms with Crippen LogP contribution in [0.3, 0.4) is 0 Å². The van der Waals surface area contributed by atoms with E-state index in [0.717, 1.165) is 18.5 Å². The van der Waals surface area contributed by atoms with Crippen molar-refractivity contribution in [2.75, 3.05) is 26.2 Å². The van der Waals surface area contributed by atoms with Crippen molar-refractivity contribution in [3.63, 3.8) is 0 Å². The van der Waals surface area contributed by atoms with Crippen LogP contribution in [0.5, 0.6) is 0 Å². The molecule has 1 aromatic carbocycles. The smallest absolute Gasteiger partial charge is 0.222 e. The molecule has 1 amide bonds. The lowest BCUT2D eigenvalue weighted by atomic mass is 10.0. The number of aliphatic hydroxyl groups is 2. The van der Waals surface area contributed by atoms with E-state index in [1.807, 2.05) is 30.3 Å². The first-order chi connectivity index (χ1) is 10.2. The number of hydrogen-bond donors (Lipinski definition) is 3. The molecule has 116 valence electrons. The van der Waals surface area contributed by atoms with Crippen molar-refractivity contribution in [2.45, 2.75) is 31.4 Å². The molecule has 0 radical (unpaired) electrons. The van der Waals surface area contributed by atoms with Crippen molar-refractivity contribution in [3.05, 3.63) is 35.9 Å². The maximum absolute atomic E-state index is 11.5. The predicted molar refractivity (Wildman–Crippen MR) is 80.7 cm³/mol. The normalized spacial score (nSPS) is 18.0. The summed E-state index contributed by atoms with van der Waals surface area (Å²) in [5.74, 6) is 0.129. The zero-order valence-electron chi connectivity index (χ0n) is 12.2. The molecule has 5 heteroatoms. The number of benzene rings is 1. The van der Waals surface area contributed by atoms with Gasteiger partial charge in [-0.25, -0.2) is 0 Å². The maximum atomic E-state index is 11.5. The second-order valence-electron chi connectivity index (χ2n) is 5.48. The first-order valence-corrected chi connectivity index (χ1v) is 7.55. The Kier molecular flexibility index (Phi) is 6.17. The molecule has 0 aromatic heterocycles. The van der Waals surface area contributed by atoms with Gasteiger partial charge in [0.2, 0.25) is 5.91 Å². The van der Waals surface area contributed by atoms with Crippen molar-refractivity contribution in [2.24, 2.45) is 0 Å². The fourth-order valence-electron chi connectivity index (χ4n) is 2.70. The van der Waals surface area contributed by atoms with Crippen LogP contribution < -0.4 is 5.32 Å². The Morgan fingerprint density at radius 1 is 1.29 bits per heavy atom. The number of rotatable bonds is 8. The highest BCUT2D eigenvalue weighted by molar-refractivity contribution is 5.78. The number of nitrogens with zero attached hydrogens (tertiary/aromatic N) is 1. The molecular formula is C16H24N2O3. The third-order valence-corrected chi connectivity index (χ3v) is 3.82. The highest BCUT2D eigenvalue weighted by atomic mass is 16.3. The van der Waals surface area contributed by atoms with E-state index in [1.54, 1.807) is 4.90 Å². The average Bonchev–Trinajstić information content (AvgIpc) is 2.89. The minimum Gasteiger partial charge on any atom is -0.396 e. The zero-order chi connectivity index (χ0) is 15.1. The Balaban J connectivity index is 1.82. The van der Waals surface area contributed by atoms with E-state index < -0.39 is 6.10 Å². The molecule has 5 nitrogen and oxygen atoms in total. The molecule has 1 fully saturated rings. The van der Waals surface area contributed by atoms with Gasteiger partial charge in [-0.05, 0) is 18.4 Å². The summed E-state index contributed by atoms with van der Waals surface area (Å²) in [7, 11) is 0. The van der Waals surface area contributed by atoms with E-state index in [0.29, 0.717) is 25.9 Å². The highest BCUT2D eigenvalue weighted by Gasteiger charge is 2.22. The van der Waals surface area contributed by atoms with Crippen LogP contribution in [0.1, 0.15) is 30.9 Å². The summed E-state index contributed by atoms with van der Waals surface area (Å²) in [5.41, 5.74) is 1.09.